The lowest BCUT2D eigenvalue weighted by Crippen LogP contribution is -2.36. The van der Waals surface area contributed by atoms with Crippen LogP contribution in [0, 0.1) is 0 Å². The molecule has 0 saturated carbocycles. The fourth-order valence-electron chi connectivity index (χ4n) is 2.38. The summed E-state index contributed by atoms with van der Waals surface area (Å²) in [6, 6.07) is 7.43. The van der Waals surface area contributed by atoms with E-state index in [1.54, 1.807) is 13.0 Å². The van der Waals surface area contributed by atoms with Gasteiger partial charge in [-0.25, -0.2) is 8.42 Å². The number of carbonyl (C=O) groups excluding carboxylic acids is 1. The van der Waals surface area contributed by atoms with Crippen LogP contribution in [0.4, 0.5) is 11.4 Å². The van der Waals surface area contributed by atoms with Gasteiger partial charge in [0.25, 0.3) is 0 Å². The van der Waals surface area contributed by atoms with E-state index in [1.807, 2.05) is 18.2 Å². The van der Waals surface area contributed by atoms with Crippen LogP contribution in [0.5, 0.6) is 0 Å². The lowest BCUT2D eigenvalue weighted by molar-refractivity contribution is -0.113. The van der Waals surface area contributed by atoms with Crippen molar-refractivity contribution in [1.82, 2.24) is 0 Å². The average molecular weight is 326 g/mol. The van der Waals surface area contributed by atoms with Crippen LogP contribution in [-0.2, 0) is 19.4 Å². The molecule has 1 aliphatic heterocycles. The van der Waals surface area contributed by atoms with Crippen LogP contribution < -0.4 is 10.2 Å². The van der Waals surface area contributed by atoms with E-state index in [1.165, 1.54) is 0 Å². The van der Waals surface area contributed by atoms with Crippen LogP contribution in [0.2, 0.25) is 0 Å². The first-order valence-corrected chi connectivity index (χ1v) is 9.25. The van der Waals surface area contributed by atoms with Crippen molar-refractivity contribution in [2.45, 2.75) is 13.3 Å². The molecule has 2 rings (SSSR count). The van der Waals surface area contributed by atoms with Crippen LogP contribution in [0.25, 0.3) is 0 Å². The second kappa shape index (κ2) is 7.60. The third-order valence-corrected chi connectivity index (χ3v) is 5.10. The maximum Gasteiger partial charge on any atom is 0.239 e. The molecule has 22 heavy (non-hydrogen) atoms. The summed E-state index contributed by atoms with van der Waals surface area (Å²) >= 11 is 0. The van der Waals surface area contributed by atoms with Crippen LogP contribution in [-0.4, -0.2) is 52.1 Å². The van der Waals surface area contributed by atoms with Crippen molar-refractivity contribution in [3.8, 4) is 0 Å². The molecule has 122 valence electrons. The summed E-state index contributed by atoms with van der Waals surface area (Å²) in [4.78, 5) is 14.0. The number of nitrogens with zero attached hydrogens (tertiary/aromatic N) is 1. The normalized spacial score (nSPS) is 15.6. The first-order valence-electron chi connectivity index (χ1n) is 7.43. The Kier molecular flexibility index (Phi) is 5.79. The van der Waals surface area contributed by atoms with Gasteiger partial charge in [0, 0.05) is 24.5 Å². The first kappa shape index (κ1) is 16.8. The number of anilines is 2. The summed E-state index contributed by atoms with van der Waals surface area (Å²) in [5, 5.41) is 2.66. The quantitative estimate of drug-likeness (QED) is 0.852. The molecule has 1 aromatic carbocycles. The van der Waals surface area contributed by atoms with Crippen molar-refractivity contribution in [3.05, 3.63) is 24.3 Å². The molecule has 1 aromatic rings. The maximum atomic E-state index is 11.9. The standard InChI is InChI=1S/C15H22N2O4S/c1-2-10-22(19,20)12-15(18)16-13-4-3-5-14(11-13)17-6-8-21-9-7-17/h3-5,11H,2,6-10,12H2,1H3,(H,16,18). The highest BCUT2D eigenvalue weighted by Gasteiger charge is 2.16. The zero-order chi connectivity index (χ0) is 16.0. The Morgan fingerprint density at radius 2 is 2.05 bits per heavy atom. The fraction of sp³-hybridized carbons (Fsp3) is 0.533. The molecule has 1 saturated heterocycles. The summed E-state index contributed by atoms with van der Waals surface area (Å²) < 4.78 is 28.6. The molecule has 6 nitrogen and oxygen atoms in total. The fourth-order valence-corrected chi connectivity index (χ4v) is 3.62. The van der Waals surface area contributed by atoms with E-state index < -0.39 is 21.5 Å². The van der Waals surface area contributed by atoms with E-state index in [2.05, 4.69) is 10.2 Å². The molecule has 1 amide bonds. The number of ether oxygens (including phenoxy) is 1. The Hall–Kier alpha value is -1.60. The Labute approximate surface area is 131 Å². The molecule has 0 bridgehead atoms. The van der Waals surface area contributed by atoms with Gasteiger partial charge in [-0.2, -0.15) is 0 Å². The van der Waals surface area contributed by atoms with Crippen LogP contribution in [0.15, 0.2) is 24.3 Å². The minimum absolute atomic E-state index is 0.0359. The Morgan fingerprint density at radius 1 is 1.32 bits per heavy atom. The largest absolute Gasteiger partial charge is 0.378 e. The number of rotatable bonds is 6. The highest BCUT2D eigenvalue weighted by Crippen LogP contribution is 2.20. The maximum absolute atomic E-state index is 11.9. The number of morpholine rings is 1. The van der Waals surface area contributed by atoms with Gasteiger partial charge < -0.3 is 15.0 Å². The summed E-state index contributed by atoms with van der Waals surface area (Å²) in [6.45, 7) is 4.77. The summed E-state index contributed by atoms with van der Waals surface area (Å²) in [7, 11) is -3.32. The van der Waals surface area contributed by atoms with E-state index in [0.717, 1.165) is 18.8 Å². The smallest absolute Gasteiger partial charge is 0.239 e. The highest BCUT2D eigenvalue weighted by atomic mass is 32.2. The van der Waals surface area contributed by atoms with Gasteiger partial charge in [0.05, 0.1) is 19.0 Å². The molecular formula is C15H22N2O4S. The molecule has 0 spiro atoms. The molecule has 1 aliphatic rings. The zero-order valence-corrected chi connectivity index (χ0v) is 13.6. The molecule has 0 atom stereocenters. The lowest BCUT2D eigenvalue weighted by Gasteiger charge is -2.29. The second-order valence-corrected chi connectivity index (χ2v) is 7.47. The molecule has 1 N–H and O–H groups in total. The molecule has 1 heterocycles. The topological polar surface area (TPSA) is 75.7 Å². The summed E-state index contributed by atoms with van der Waals surface area (Å²) in [6.07, 6.45) is 0.516. The highest BCUT2D eigenvalue weighted by molar-refractivity contribution is 7.92. The molecular weight excluding hydrogens is 304 g/mol. The Bertz CT molecular complexity index is 610. The minimum Gasteiger partial charge on any atom is -0.378 e. The molecule has 0 radical (unpaired) electrons. The second-order valence-electron chi connectivity index (χ2n) is 5.29. The number of carbonyl (C=O) groups is 1. The van der Waals surface area contributed by atoms with E-state index >= 15 is 0 Å². The van der Waals surface area contributed by atoms with Gasteiger partial charge in [-0.15, -0.1) is 0 Å². The number of hydrogen-bond donors (Lipinski definition) is 1. The van der Waals surface area contributed by atoms with Crippen molar-refractivity contribution >= 4 is 27.1 Å². The molecule has 1 fully saturated rings. The Balaban J connectivity index is 1.99. The van der Waals surface area contributed by atoms with Crippen molar-refractivity contribution in [3.63, 3.8) is 0 Å². The SMILES string of the molecule is CCCS(=O)(=O)CC(=O)Nc1cccc(N2CCOCC2)c1. The van der Waals surface area contributed by atoms with Crippen molar-refractivity contribution in [2.75, 3.05) is 48.0 Å². The van der Waals surface area contributed by atoms with Crippen molar-refractivity contribution in [1.29, 1.82) is 0 Å². The Morgan fingerprint density at radius 3 is 2.73 bits per heavy atom. The molecule has 7 heteroatoms. The number of benzene rings is 1. The van der Waals surface area contributed by atoms with Gasteiger partial charge in [-0.3, -0.25) is 4.79 Å². The predicted octanol–water partition coefficient (Wildman–Crippen LogP) is 1.29. The van der Waals surface area contributed by atoms with Gasteiger partial charge >= 0.3 is 0 Å². The van der Waals surface area contributed by atoms with Gasteiger partial charge in [0.15, 0.2) is 9.84 Å². The van der Waals surface area contributed by atoms with Crippen LogP contribution >= 0.6 is 0 Å². The summed E-state index contributed by atoms with van der Waals surface area (Å²) in [5.41, 5.74) is 1.61. The number of sulfone groups is 1. The predicted molar refractivity (Wildman–Crippen MR) is 87.0 cm³/mol. The minimum atomic E-state index is -3.32. The van der Waals surface area contributed by atoms with Crippen LogP contribution in [0.1, 0.15) is 13.3 Å². The third kappa shape index (κ3) is 4.99. The average Bonchev–Trinajstić information content (AvgIpc) is 2.47. The zero-order valence-electron chi connectivity index (χ0n) is 12.7. The first-order chi connectivity index (χ1) is 10.5. The van der Waals surface area contributed by atoms with E-state index in [0.29, 0.717) is 25.3 Å². The molecule has 0 unspecified atom stereocenters. The monoisotopic (exact) mass is 326 g/mol. The molecule has 0 aromatic heterocycles. The van der Waals surface area contributed by atoms with E-state index in [-0.39, 0.29) is 5.75 Å². The van der Waals surface area contributed by atoms with E-state index in [4.69, 9.17) is 4.74 Å². The van der Waals surface area contributed by atoms with Gasteiger partial charge in [-0.1, -0.05) is 13.0 Å². The van der Waals surface area contributed by atoms with Gasteiger partial charge in [0.1, 0.15) is 5.75 Å². The van der Waals surface area contributed by atoms with Gasteiger partial charge in [0.2, 0.25) is 5.91 Å². The third-order valence-electron chi connectivity index (χ3n) is 3.37. The number of hydrogen-bond acceptors (Lipinski definition) is 5. The van der Waals surface area contributed by atoms with E-state index in [9.17, 15) is 13.2 Å². The number of nitrogens with one attached hydrogen (secondary N) is 1. The lowest BCUT2D eigenvalue weighted by atomic mass is 10.2. The number of amides is 1. The van der Waals surface area contributed by atoms with Crippen molar-refractivity contribution < 1.29 is 17.9 Å². The van der Waals surface area contributed by atoms with Crippen LogP contribution in [0.3, 0.4) is 0 Å². The summed E-state index contributed by atoms with van der Waals surface area (Å²) in [5.74, 6) is -0.927. The molecule has 0 aliphatic carbocycles. The van der Waals surface area contributed by atoms with Gasteiger partial charge in [-0.05, 0) is 24.6 Å². The van der Waals surface area contributed by atoms with Crippen molar-refractivity contribution in [2.24, 2.45) is 0 Å².